The van der Waals surface area contributed by atoms with Gasteiger partial charge in [0.1, 0.15) is 6.04 Å². The number of fused-ring (bicyclic) bond motifs is 1. The summed E-state index contributed by atoms with van der Waals surface area (Å²) in [7, 11) is 0. The number of ether oxygens (including phenoxy) is 2. The van der Waals surface area contributed by atoms with Crippen molar-refractivity contribution in [3.05, 3.63) is 59.7 Å². The Hall–Kier alpha value is -2.57. The van der Waals surface area contributed by atoms with Gasteiger partial charge in [-0.2, -0.15) is 0 Å². The van der Waals surface area contributed by atoms with Crippen molar-refractivity contribution < 1.29 is 14.3 Å². The first-order valence-corrected chi connectivity index (χ1v) is 8.81. The number of hydrogen-bond donors (Lipinski definition) is 3. The fourth-order valence-corrected chi connectivity index (χ4v) is 3.38. The van der Waals surface area contributed by atoms with E-state index in [1.54, 1.807) is 0 Å². The molecule has 0 aromatic heterocycles. The van der Waals surface area contributed by atoms with E-state index in [1.165, 1.54) is 5.56 Å². The van der Waals surface area contributed by atoms with E-state index < -0.39 is 5.54 Å². The Bertz CT molecular complexity index is 807. The minimum atomic E-state index is -0.523. The molecule has 0 spiro atoms. The second-order valence-corrected chi connectivity index (χ2v) is 7.22. The Morgan fingerprint density at radius 3 is 2.65 bits per heavy atom. The molecule has 6 heteroatoms. The number of hydrogen-bond acceptors (Lipinski definition) is 5. The van der Waals surface area contributed by atoms with Crippen LogP contribution in [0.25, 0.3) is 0 Å². The van der Waals surface area contributed by atoms with E-state index in [9.17, 15) is 4.79 Å². The topological polar surface area (TPSA) is 71.6 Å². The molecule has 0 radical (unpaired) electrons. The number of amides is 1. The number of nitrogens with one attached hydrogen (secondary N) is 3. The van der Waals surface area contributed by atoms with E-state index in [0.717, 1.165) is 17.1 Å². The Morgan fingerprint density at radius 2 is 1.85 bits per heavy atom. The molecule has 0 saturated carbocycles. The predicted octanol–water partition coefficient (Wildman–Crippen LogP) is 2.37. The van der Waals surface area contributed by atoms with Crippen LogP contribution in [0.5, 0.6) is 11.5 Å². The monoisotopic (exact) mass is 353 g/mol. The van der Waals surface area contributed by atoms with Gasteiger partial charge in [0.15, 0.2) is 11.5 Å². The van der Waals surface area contributed by atoms with Crippen molar-refractivity contribution in [1.82, 2.24) is 16.2 Å². The van der Waals surface area contributed by atoms with E-state index in [1.807, 2.05) is 50.2 Å². The zero-order valence-corrected chi connectivity index (χ0v) is 14.9. The van der Waals surface area contributed by atoms with Crippen molar-refractivity contribution in [2.75, 3.05) is 6.79 Å². The van der Waals surface area contributed by atoms with Crippen molar-refractivity contribution >= 4 is 5.91 Å². The molecule has 2 aromatic carbocycles. The molecule has 1 amide bonds. The maximum absolute atomic E-state index is 12.8. The van der Waals surface area contributed by atoms with E-state index in [4.69, 9.17) is 9.47 Å². The fraction of sp³-hybridized carbons (Fsp3) is 0.350. The average Bonchev–Trinajstić information content (AvgIpc) is 3.31. The summed E-state index contributed by atoms with van der Waals surface area (Å²) in [4.78, 5) is 12.8. The van der Waals surface area contributed by atoms with Crippen molar-refractivity contribution in [3.8, 4) is 11.5 Å². The fourth-order valence-electron chi connectivity index (χ4n) is 3.38. The third-order valence-corrected chi connectivity index (χ3v) is 4.95. The van der Waals surface area contributed by atoms with Gasteiger partial charge in [0.2, 0.25) is 12.7 Å². The Labute approximate surface area is 152 Å². The molecule has 3 N–H and O–H groups in total. The summed E-state index contributed by atoms with van der Waals surface area (Å²) in [5, 5.41) is 3.14. The van der Waals surface area contributed by atoms with E-state index in [-0.39, 0.29) is 24.8 Å². The van der Waals surface area contributed by atoms with Gasteiger partial charge in [-0.1, -0.05) is 36.4 Å². The third kappa shape index (κ3) is 3.25. The minimum absolute atomic E-state index is 0.0291. The summed E-state index contributed by atoms with van der Waals surface area (Å²) in [5.74, 6) is 1.43. The lowest BCUT2D eigenvalue weighted by Gasteiger charge is -2.28. The Kier molecular flexibility index (Phi) is 4.30. The van der Waals surface area contributed by atoms with Crippen LogP contribution in [0.15, 0.2) is 48.5 Å². The molecular formula is C20H23N3O3. The highest BCUT2D eigenvalue weighted by Gasteiger charge is 2.33. The first-order valence-electron chi connectivity index (χ1n) is 8.81. The SMILES string of the molecule is CC(C)(NC(=O)C1CC(c2ccccc2)NN1)c1ccc2c(c1)OCO2. The van der Waals surface area contributed by atoms with Gasteiger partial charge in [0.05, 0.1) is 5.54 Å². The van der Waals surface area contributed by atoms with Gasteiger partial charge in [-0.25, -0.2) is 10.9 Å². The molecule has 4 rings (SSSR count). The Balaban J connectivity index is 1.42. The largest absolute Gasteiger partial charge is 0.454 e. The molecule has 6 nitrogen and oxygen atoms in total. The molecule has 2 atom stereocenters. The van der Waals surface area contributed by atoms with Gasteiger partial charge in [-0.05, 0) is 43.5 Å². The van der Waals surface area contributed by atoms with Gasteiger partial charge in [0, 0.05) is 6.04 Å². The zero-order chi connectivity index (χ0) is 18.1. The lowest BCUT2D eigenvalue weighted by atomic mass is 9.93. The van der Waals surface area contributed by atoms with Crippen LogP contribution >= 0.6 is 0 Å². The van der Waals surface area contributed by atoms with Gasteiger partial charge in [-0.3, -0.25) is 4.79 Å². The van der Waals surface area contributed by atoms with Crippen molar-refractivity contribution in [3.63, 3.8) is 0 Å². The second kappa shape index (κ2) is 6.63. The first-order chi connectivity index (χ1) is 12.5. The zero-order valence-electron chi connectivity index (χ0n) is 14.9. The number of hydrazine groups is 1. The van der Waals surface area contributed by atoms with E-state index in [0.29, 0.717) is 6.42 Å². The number of carbonyl (C=O) groups excluding carboxylic acids is 1. The summed E-state index contributed by atoms with van der Waals surface area (Å²) >= 11 is 0. The van der Waals surface area contributed by atoms with Crippen LogP contribution < -0.4 is 25.6 Å². The maximum Gasteiger partial charge on any atom is 0.239 e. The maximum atomic E-state index is 12.8. The normalized spacial score (nSPS) is 21.6. The molecular weight excluding hydrogens is 330 g/mol. The van der Waals surface area contributed by atoms with E-state index >= 15 is 0 Å². The van der Waals surface area contributed by atoms with Crippen molar-refractivity contribution in [1.29, 1.82) is 0 Å². The molecule has 136 valence electrons. The first kappa shape index (κ1) is 16.9. The Morgan fingerprint density at radius 1 is 1.08 bits per heavy atom. The summed E-state index contributed by atoms with van der Waals surface area (Å²) in [6.45, 7) is 4.21. The summed E-state index contributed by atoms with van der Waals surface area (Å²) in [5.41, 5.74) is 7.95. The second-order valence-electron chi connectivity index (χ2n) is 7.22. The molecule has 2 heterocycles. The summed E-state index contributed by atoms with van der Waals surface area (Å²) in [6, 6.07) is 15.7. The highest BCUT2D eigenvalue weighted by Crippen LogP contribution is 2.35. The van der Waals surface area contributed by atoms with Gasteiger partial charge < -0.3 is 14.8 Å². The molecule has 26 heavy (non-hydrogen) atoms. The van der Waals surface area contributed by atoms with Crippen molar-refractivity contribution in [2.24, 2.45) is 0 Å². The highest BCUT2D eigenvalue weighted by molar-refractivity contribution is 5.83. The highest BCUT2D eigenvalue weighted by atomic mass is 16.7. The molecule has 0 aliphatic carbocycles. The molecule has 2 unspecified atom stereocenters. The predicted molar refractivity (Wildman–Crippen MR) is 97.6 cm³/mol. The van der Waals surface area contributed by atoms with Crippen LogP contribution in [0, 0.1) is 0 Å². The summed E-state index contributed by atoms with van der Waals surface area (Å²) in [6.07, 6.45) is 0.701. The van der Waals surface area contributed by atoms with Gasteiger partial charge >= 0.3 is 0 Å². The molecule has 0 bridgehead atoms. The van der Waals surface area contributed by atoms with Crippen LogP contribution in [0.2, 0.25) is 0 Å². The standard InChI is InChI=1S/C20H23N3O3/c1-20(2,14-8-9-17-18(10-14)26-12-25-17)21-19(24)16-11-15(22-23-16)13-6-4-3-5-7-13/h3-10,15-16,22-23H,11-12H2,1-2H3,(H,21,24). The molecule has 2 aromatic rings. The quantitative estimate of drug-likeness (QED) is 0.787. The minimum Gasteiger partial charge on any atom is -0.454 e. The summed E-state index contributed by atoms with van der Waals surface area (Å²) < 4.78 is 10.8. The van der Waals surface area contributed by atoms with Crippen LogP contribution in [0.4, 0.5) is 0 Å². The number of rotatable bonds is 4. The lowest BCUT2D eigenvalue weighted by molar-refractivity contribution is -0.124. The molecule has 1 fully saturated rings. The van der Waals surface area contributed by atoms with Gasteiger partial charge in [0.25, 0.3) is 0 Å². The number of benzene rings is 2. The van der Waals surface area contributed by atoms with Crippen molar-refractivity contribution in [2.45, 2.75) is 37.9 Å². The van der Waals surface area contributed by atoms with Crippen LogP contribution in [0.3, 0.4) is 0 Å². The molecule has 2 aliphatic heterocycles. The third-order valence-electron chi connectivity index (χ3n) is 4.95. The number of carbonyl (C=O) groups is 1. The smallest absolute Gasteiger partial charge is 0.239 e. The van der Waals surface area contributed by atoms with Crippen LogP contribution in [-0.4, -0.2) is 18.7 Å². The van der Waals surface area contributed by atoms with Crippen LogP contribution in [-0.2, 0) is 10.3 Å². The van der Waals surface area contributed by atoms with Crippen LogP contribution in [0.1, 0.15) is 37.4 Å². The average molecular weight is 353 g/mol. The van der Waals surface area contributed by atoms with Gasteiger partial charge in [-0.15, -0.1) is 0 Å². The molecule has 2 aliphatic rings. The lowest BCUT2D eigenvalue weighted by Crippen LogP contribution is -2.49. The molecule has 1 saturated heterocycles. The van der Waals surface area contributed by atoms with E-state index in [2.05, 4.69) is 28.3 Å².